The molecule has 4 nitrogen and oxygen atoms in total. The van der Waals surface area contributed by atoms with Crippen molar-refractivity contribution in [3.8, 4) is 0 Å². The zero-order chi connectivity index (χ0) is 10.4. The van der Waals surface area contributed by atoms with Gasteiger partial charge in [-0.15, -0.1) is 0 Å². The second-order valence-corrected chi connectivity index (χ2v) is 4.39. The third-order valence-electron chi connectivity index (χ3n) is 3.00. The monoisotopic (exact) mass is 199 g/mol. The number of nitrogens with two attached hydrogens (primary N) is 1. The number of hydrogen-bond donors (Lipinski definition) is 3. The average molecular weight is 199 g/mol. The van der Waals surface area contributed by atoms with E-state index in [1.54, 1.807) is 0 Å². The molecular formula is C10H21N3O. The molecule has 0 spiro atoms. The lowest BCUT2D eigenvalue weighted by molar-refractivity contribution is 0.316. The summed E-state index contributed by atoms with van der Waals surface area (Å²) in [6, 6.07) is 0. The van der Waals surface area contributed by atoms with Crippen LogP contribution in [-0.2, 0) is 0 Å². The molecule has 82 valence electrons. The molecule has 0 aromatic rings. The van der Waals surface area contributed by atoms with E-state index < -0.39 is 0 Å². The van der Waals surface area contributed by atoms with E-state index in [0.29, 0.717) is 17.8 Å². The molecular weight excluding hydrogens is 178 g/mol. The Hall–Kier alpha value is -0.770. The van der Waals surface area contributed by atoms with Gasteiger partial charge in [0.05, 0.1) is 0 Å². The third kappa shape index (κ3) is 3.54. The number of nitrogens with zero attached hydrogens (tertiary/aromatic N) is 1. The van der Waals surface area contributed by atoms with Crippen LogP contribution in [0, 0.1) is 0 Å². The first-order chi connectivity index (χ1) is 6.66. The second-order valence-electron chi connectivity index (χ2n) is 4.39. The Labute approximate surface area is 85.6 Å². The van der Waals surface area contributed by atoms with E-state index >= 15 is 0 Å². The fourth-order valence-corrected chi connectivity index (χ4v) is 2.04. The molecule has 0 aromatic heterocycles. The highest BCUT2D eigenvalue weighted by Gasteiger charge is 2.27. The molecule has 0 atom stereocenters. The van der Waals surface area contributed by atoms with Crippen molar-refractivity contribution in [1.82, 2.24) is 5.32 Å². The number of oxime groups is 1. The molecule has 0 heterocycles. The van der Waals surface area contributed by atoms with Crippen molar-refractivity contribution in [3.05, 3.63) is 0 Å². The lowest BCUT2D eigenvalue weighted by Crippen LogP contribution is -2.40. The van der Waals surface area contributed by atoms with Gasteiger partial charge in [-0.05, 0) is 32.7 Å². The first-order valence-corrected chi connectivity index (χ1v) is 5.38. The minimum absolute atomic E-state index is 0.323. The molecule has 0 saturated heterocycles. The number of amidine groups is 1. The van der Waals surface area contributed by atoms with E-state index in [9.17, 15) is 0 Å². The molecule has 1 rings (SSSR count). The summed E-state index contributed by atoms with van der Waals surface area (Å²) in [5, 5.41) is 14.8. The maximum absolute atomic E-state index is 8.34. The van der Waals surface area contributed by atoms with Gasteiger partial charge in [-0.25, -0.2) is 0 Å². The summed E-state index contributed by atoms with van der Waals surface area (Å²) in [6.45, 7) is 3.23. The quantitative estimate of drug-likeness (QED) is 0.206. The minimum Gasteiger partial charge on any atom is -0.409 e. The van der Waals surface area contributed by atoms with Crippen LogP contribution in [0.2, 0.25) is 0 Å². The molecule has 0 unspecified atom stereocenters. The van der Waals surface area contributed by atoms with Crippen LogP contribution in [0.1, 0.15) is 45.4 Å². The van der Waals surface area contributed by atoms with Crippen molar-refractivity contribution < 1.29 is 5.21 Å². The van der Waals surface area contributed by atoms with Crippen LogP contribution in [0.15, 0.2) is 5.16 Å². The van der Waals surface area contributed by atoms with Gasteiger partial charge in [0, 0.05) is 12.0 Å². The Morgan fingerprint density at radius 3 is 2.71 bits per heavy atom. The van der Waals surface area contributed by atoms with E-state index in [0.717, 1.165) is 13.0 Å². The molecule has 0 aliphatic heterocycles. The Balaban J connectivity index is 2.09. The molecule has 1 fully saturated rings. The summed E-state index contributed by atoms with van der Waals surface area (Å²) in [5.41, 5.74) is 5.71. The molecule has 14 heavy (non-hydrogen) atoms. The lowest BCUT2D eigenvalue weighted by Gasteiger charge is -2.25. The molecule has 1 aliphatic rings. The van der Waals surface area contributed by atoms with Gasteiger partial charge in [0.15, 0.2) is 0 Å². The summed E-state index contributed by atoms with van der Waals surface area (Å²) in [4.78, 5) is 0. The van der Waals surface area contributed by atoms with Crippen molar-refractivity contribution in [2.45, 2.75) is 51.0 Å². The average Bonchev–Trinajstić information content (AvgIpc) is 2.60. The second kappa shape index (κ2) is 5.20. The van der Waals surface area contributed by atoms with E-state index in [4.69, 9.17) is 10.9 Å². The van der Waals surface area contributed by atoms with E-state index in [2.05, 4.69) is 17.4 Å². The van der Waals surface area contributed by atoms with E-state index in [-0.39, 0.29) is 0 Å². The van der Waals surface area contributed by atoms with Crippen LogP contribution in [-0.4, -0.2) is 23.1 Å². The van der Waals surface area contributed by atoms with Crippen LogP contribution >= 0.6 is 0 Å². The van der Waals surface area contributed by atoms with Crippen molar-refractivity contribution in [2.24, 2.45) is 10.9 Å². The highest BCUT2D eigenvalue weighted by atomic mass is 16.4. The highest BCUT2D eigenvalue weighted by molar-refractivity contribution is 5.79. The van der Waals surface area contributed by atoms with Crippen LogP contribution in [0.5, 0.6) is 0 Å². The van der Waals surface area contributed by atoms with E-state index in [1.807, 2.05) is 0 Å². The lowest BCUT2D eigenvalue weighted by atomic mass is 10.0. The third-order valence-corrected chi connectivity index (χ3v) is 3.00. The summed E-state index contributed by atoms with van der Waals surface area (Å²) in [6.07, 6.45) is 6.83. The predicted octanol–water partition coefficient (Wildman–Crippen LogP) is 1.44. The summed E-state index contributed by atoms with van der Waals surface area (Å²) < 4.78 is 0. The van der Waals surface area contributed by atoms with Crippen LogP contribution in [0.3, 0.4) is 0 Å². The smallest absolute Gasteiger partial charge is 0.139 e. The zero-order valence-corrected chi connectivity index (χ0v) is 8.92. The van der Waals surface area contributed by atoms with Gasteiger partial charge in [0.25, 0.3) is 0 Å². The minimum atomic E-state index is 0.323. The van der Waals surface area contributed by atoms with Crippen molar-refractivity contribution >= 4 is 5.84 Å². The van der Waals surface area contributed by atoms with Gasteiger partial charge < -0.3 is 16.3 Å². The molecule has 4 heteroatoms. The van der Waals surface area contributed by atoms with E-state index in [1.165, 1.54) is 25.7 Å². The van der Waals surface area contributed by atoms with Gasteiger partial charge >= 0.3 is 0 Å². The summed E-state index contributed by atoms with van der Waals surface area (Å²) >= 11 is 0. The Morgan fingerprint density at radius 1 is 1.50 bits per heavy atom. The van der Waals surface area contributed by atoms with Crippen LogP contribution < -0.4 is 11.1 Å². The first kappa shape index (κ1) is 11.3. The molecule has 4 N–H and O–H groups in total. The van der Waals surface area contributed by atoms with Gasteiger partial charge in [-0.2, -0.15) is 0 Å². The Bertz CT molecular complexity index is 198. The highest BCUT2D eigenvalue weighted by Crippen LogP contribution is 2.28. The van der Waals surface area contributed by atoms with Crippen molar-refractivity contribution in [1.29, 1.82) is 0 Å². The Morgan fingerprint density at radius 2 is 2.14 bits per heavy atom. The molecule has 0 aromatic carbocycles. The maximum atomic E-state index is 8.34. The molecule has 0 amide bonds. The van der Waals surface area contributed by atoms with Gasteiger partial charge in [0.2, 0.25) is 0 Å². The van der Waals surface area contributed by atoms with Crippen molar-refractivity contribution in [3.63, 3.8) is 0 Å². The van der Waals surface area contributed by atoms with Gasteiger partial charge in [-0.1, -0.05) is 18.0 Å². The normalized spacial score (nSPS) is 21.4. The molecule has 0 radical (unpaired) electrons. The fraction of sp³-hybridized carbons (Fsp3) is 0.900. The summed E-state index contributed by atoms with van der Waals surface area (Å²) in [5.74, 6) is 0.323. The molecule has 0 bridgehead atoms. The largest absolute Gasteiger partial charge is 0.409 e. The fourth-order valence-electron chi connectivity index (χ4n) is 2.04. The van der Waals surface area contributed by atoms with Gasteiger partial charge in [0.1, 0.15) is 5.84 Å². The Kier molecular flexibility index (Phi) is 4.20. The topological polar surface area (TPSA) is 70.6 Å². The van der Waals surface area contributed by atoms with Crippen LogP contribution in [0.4, 0.5) is 0 Å². The van der Waals surface area contributed by atoms with Gasteiger partial charge in [-0.3, -0.25) is 0 Å². The zero-order valence-electron chi connectivity index (χ0n) is 8.92. The number of hydrogen-bond acceptors (Lipinski definition) is 3. The molecule has 1 aliphatic carbocycles. The molecule has 1 saturated carbocycles. The SMILES string of the molecule is CC1(NCCCC(N)=NO)CCCC1. The number of nitrogens with one attached hydrogen (secondary N) is 1. The van der Waals surface area contributed by atoms with Crippen LogP contribution in [0.25, 0.3) is 0 Å². The maximum Gasteiger partial charge on any atom is 0.139 e. The predicted molar refractivity (Wildman–Crippen MR) is 57.5 cm³/mol. The standard InChI is InChI=1S/C10H21N3O/c1-10(6-2-3-7-10)12-8-4-5-9(11)13-14/h12,14H,2-8H2,1H3,(H2,11,13). The number of rotatable bonds is 5. The summed E-state index contributed by atoms with van der Waals surface area (Å²) in [7, 11) is 0. The first-order valence-electron chi connectivity index (χ1n) is 5.38. The van der Waals surface area contributed by atoms with Crippen molar-refractivity contribution in [2.75, 3.05) is 6.54 Å².